The van der Waals surface area contributed by atoms with Crippen LogP contribution in [0.5, 0.6) is 0 Å². The Labute approximate surface area is 196 Å². The predicted octanol–water partition coefficient (Wildman–Crippen LogP) is 3.54. The summed E-state index contributed by atoms with van der Waals surface area (Å²) in [4.78, 5) is 26.2. The van der Waals surface area contributed by atoms with E-state index in [0.29, 0.717) is 35.3 Å². The summed E-state index contributed by atoms with van der Waals surface area (Å²) in [6.07, 6.45) is 3.42. The number of para-hydroxylation sites is 2. The topological polar surface area (TPSA) is 88.4 Å². The molecular formula is C26H27N6O2+. The normalized spacial score (nSPS) is 12.5. The molecule has 0 saturated carbocycles. The molecule has 0 saturated heterocycles. The minimum absolute atomic E-state index is 0.0802. The molecule has 8 nitrogen and oxygen atoms in total. The number of fused-ring (bicyclic) bond motifs is 4. The Hall–Kier alpha value is -3.91. The Morgan fingerprint density at radius 2 is 1.76 bits per heavy atom. The first-order chi connectivity index (χ1) is 16.4. The molecule has 5 aromatic rings. The molecule has 0 spiro atoms. The molecule has 0 atom stereocenters. The van der Waals surface area contributed by atoms with Gasteiger partial charge in [-0.25, -0.2) is 24.3 Å². The number of aromatic nitrogens is 5. The summed E-state index contributed by atoms with van der Waals surface area (Å²) < 4.78 is 8.39. The number of nitrogens with zero attached hydrogens (tertiary/aromatic N) is 5. The van der Waals surface area contributed by atoms with E-state index >= 15 is 0 Å². The van der Waals surface area contributed by atoms with Gasteiger partial charge in [-0.05, 0) is 28.7 Å². The summed E-state index contributed by atoms with van der Waals surface area (Å²) in [6.45, 7) is 7.42. The second-order valence-electron chi connectivity index (χ2n) is 9.30. The van der Waals surface area contributed by atoms with Crippen LogP contribution in [0.15, 0.2) is 64.8 Å². The van der Waals surface area contributed by atoms with Gasteiger partial charge in [0.15, 0.2) is 11.7 Å². The maximum atomic E-state index is 13.4. The molecule has 3 aromatic heterocycles. The fourth-order valence-corrected chi connectivity index (χ4v) is 3.97. The summed E-state index contributed by atoms with van der Waals surface area (Å²) in [5, 5.41) is 5.16. The van der Waals surface area contributed by atoms with Gasteiger partial charge in [-0.2, -0.15) is 0 Å². The highest BCUT2D eigenvalue weighted by Gasteiger charge is 2.24. The molecule has 0 aliphatic carbocycles. The number of nitrogens with one attached hydrogen (secondary N) is 1. The number of benzene rings is 2. The van der Waals surface area contributed by atoms with E-state index < -0.39 is 0 Å². The van der Waals surface area contributed by atoms with Crippen LogP contribution in [0.1, 0.15) is 31.9 Å². The number of rotatable bonds is 5. The fourth-order valence-electron chi connectivity index (χ4n) is 3.97. The maximum absolute atomic E-state index is 13.4. The molecule has 0 bridgehead atoms. The summed E-state index contributed by atoms with van der Waals surface area (Å²) >= 11 is 0. The van der Waals surface area contributed by atoms with Gasteiger partial charge in [-0.15, -0.1) is 9.78 Å². The summed E-state index contributed by atoms with van der Waals surface area (Å²) in [5.41, 5.74) is 5.17. The minimum atomic E-state index is -0.163. The first-order valence-electron chi connectivity index (χ1n) is 11.2. The van der Waals surface area contributed by atoms with Crippen molar-refractivity contribution < 1.29 is 9.72 Å². The molecule has 0 amide bonds. The molecule has 1 N–H and O–H groups in total. The van der Waals surface area contributed by atoms with Gasteiger partial charge >= 0.3 is 5.56 Å². The summed E-state index contributed by atoms with van der Waals surface area (Å²) in [5.74, 6) is 0. The van der Waals surface area contributed by atoms with Crippen LogP contribution in [-0.4, -0.2) is 39.1 Å². The molecule has 3 heterocycles. The molecule has 0 fully saturated rings. The van der Waals surface area contributed by atoms with Crippen LogP contribution < -0.4 is 10.5 Å². The molecule has 34 heavy (non-hydrogen) atoms. The van der Waals surface area contributed by atoms with Gasteiger partial charge in [0.25, 0.3) is 5.65 Å². The first-order valence-corrected chi connectivity index (χ1v) is 11.2. The third-order valence-corrected chi connectivity index (χ3v) is 5.91. The predicted molar refractivity (Wildman–Crippen MR) is 133 cm³/mol. The highest BCUT2D eigenvalue weighted by atomic mass is 16.5. The molecule has 2 aromatic carbocycles. The van der Waals surface area contributed by atoms with E-state index in [4.69, 9.17) is 19.8 Å². The Balaban J connectivity index is 1.71. The molecule has 0 radical (unpaired) electrons. The van der Waals surface area contributed by atoms with Crippen molar-refractivity contribution in [1.82, 2.24) is 19.2 Å². The Morgan fingerprint density at radius 1 is 1.06 bits per heavy atom. The van der Waals surface area contributed by atoms with E-state index in [2.05, 4.69) is 37.9 Å². The summed E-state index contributed by atoms with van der Waals surface area (Å²) in [6, 6.07) is 15.9. The zero-order chi connectivity index (χ0) is 23.9. The lowest BCUT2D eigenvalue weighted by molar-refractivity contribution is -0.357. The molecule has 0 unspecified atom stereocenters. The third-order valence-electron chi connectivity index (χ3n) is 5.91. The van der Waals surface area contributed by atoms with Crippen molar-refractivity contribution in [1.29, 1.82) is 0 Å². The number of hydrogen-bond acceptors (Lipinski definition) is 5. The lowest BCUT2D eigenvalue weighted by atomic mass is 9.87. The monoisotopic (exact) mass is 455 g/mol. The van der Waals surface area contributed by atoms with E-state index in [1.54, 1.807) is 28.9 Å². The van der Waals surface area contributed by atoms with Gasteiger partial charge in [0.05, 0.1) is 30.4 Å². The minimum Gasteiger partial charge on any atom is -0.381 e. The van der Waals surface area contributed by atoms with E-state index in [1.165, 1.54) is 5.56 Å². The average Bonchev–Trinajstić information content (AvgIpc) is 3.13. The smallest absolute Gasteiger partial charge is 0.322 e. The molecule has 0 aliphatic heterocycles. The van der Waals surface area contributed by atoms with E-state index in [1.807, 2.05) is 36.4 Å². The van der Waals surface area contributed by atoms with Crippen LogP contribution in [0.2, 0.25) is 0 Å². The lowest BCUT2D eigenvalue weighted by Gasteiger charge is -2.18. The molecule has 8 heteroatoms. The van der Waals surface area contributed by atoms with Crippen LogP contribution in [0.25, 0.3) is 33.2 Å². The highest BCUT2D eigenvalue weighted by molar-refractivity contribution is 6.03. The van der Waals surface area contributed by atoms with Crippen molar-refractivity contribution >= 4 is 39.4 Å². The number of ether oxygens (including phenoxy) is 1. The lowest BCUT2D eigenvalue weighted by Crippen LogP contribution is -2.28. The SMILES string of the molecule is COCCn1c[nH+]c2c(c1=O)c1nc3ccccc3nc1n2/N=C/c1ccc(C(C)(C)C)cc1. The van der Waals surface area contributed by atoms with Gasteiger partial charge in [-0.3, -0.25) is 0 Å². The molecule has 0 aliphatic rings. The largest absolute Gasteiger partial charge is 0.381 e. The zero-order valence-corrected chi connectivity index (χ0v) is 19.7. The first kappa shape index (κ1) is 21.9. The standard InChI is InChI=1S/C26H26N6O2/c1-26(2,3)18-11-9-17(10-12-18)15-28-32-23-21(25(33)31(16-27-23)13-14-34-4)22-24(32)30-20-8-6-5-7-19(20)29-22/h5-12,15-16H,13-14H2,1-4H3/p+1/b28-15+. The van der Waals surface area contributed by atoms with Crippen molar-refractivity contribution in [2.24, 2.45) is 5.10 Å². The van der Waals surface area contributed by atoms with Crippen molar-refractivity contribution in [2.45, 2.75) is 32.7 Å². The Morgan fingerprint density at radius 3 is 2.44 bits per heavy atom. The molecule has 172 valence electrons. The van der Waals surface area contributed by atoms with Gasteiger partial charge in [0.1, 0.15) is 5.52 Å². The van der Waals surface area contributed by atoms with Gasteiger partial charge in [0, 0.05) is 7.11 Å². The van der Waals surface area contributed by atoms with Crippen LogP contribution in [-0.2, 0) is 16.7 Å². The second-order valence-corrected chi connectivity index (χ2v) is 9.30. The van der Waals surface area contributed by atoms with Crippen LogP contribution in [0, 0.1) is 0 Å². The van der Waals surface area contributed by atoms with E-state index in [9.17, 15) is 4.79 Å². The van der Waals surface area contributed by atoms with Gasteiger partial charge < -0.3 is 4.74 Å². The fraction of sp³-hybridized carbons (Fsp3) is 0.269. The van der Waals surface area contributed by atoms with Crippen molar-refractivity contribution in [3.63, 3.8) is 0 Å². The van der Waals surface area contributed by atoms with Crippen LogP contribution in [0.4, 0.5) is 0 Å². The quantitative estimate of drug-likeness (QED) is 0.379. The number of H-pyrrole nitrogens is 1. The zero-order valence-electron chi connectivity index (χ0n) is 19.7. The average molecular weight is 456 g/mol. The molecular weight excluding hydrogens is 428 g/mol. The van der Waals surface area contributed by atoms with E-state index in [0.717, 1.165) is 16.6 Å². The number of methoxy groups -OCH3 is 1. The van der Waals surface area contributed by atoms with Crippen LogP contribution in [0.3, 0.4) is 0 Å². The van der Waals surface area contributed by atoms with Crippen molar-refractivity contribution in [3.8, 4) is 0 Å². The number of aromatic amines is 1. The number of hydrogen-bond donors (Lipinski definition) is 0. The van der Waals surface area contributed by atoms with Crippen molar-refractivity contribution in [2.75, 3.05) is 13.7 Å². The second kappa shape index (κ2) is 8.46. The van der Waals surface area contributed by atoms with Crippen LogP contribution >= 0.6 is 0 Å². The maximum Gasteiger partial charge on any atom is 0.322 e. The van der Waals surface area contributed by atoms with Gasteiger partial charge in [-0.1, -0.05) is 57.2 Å². The third kappa shape index (κ3) is 3.86. The highest BCUT2D eigenvalue weighted by Crippen LogP contribution is 2.24. The van der Waals surface area contributed by atoms with E-state index in [-0.39, 0.29) is 11.0 Å². The molecule has 5 rings (SSSR count). The summed E-state index contributed by atoms with van der Waals surface area (Å²) in [7, 11) is 1.61. The Bertz CT molecular complexity index is 1590. The van der Waals surface area contributed by atoms with Crippen molar-refractivity contribution in [3.05, 3.63) is 76.3 Å². The Kier molecular flexibility index (Phi) is 5.45. The van der Waals surface area contributed by atoms with Gasteiger partial charge in [0.2, 0.25) is 5.65 Å².